The second-order valence-corrected chi connectivity index (χ2v) is 5.87. The van der Waals surface area contributed by atoms with Gasteiger partial charge in [-0.05, 0) is 30.7 Å². The maximum absolute atomic E-state index is 11.9. The van der Waals surface area contributed by atoms with E-state index in [0.717, 1.165) is 31.0 Å². The summed E-state index contributed by atoms with van der Waals surface area (Å²) in [4.78, 5) is 25.4. The summed E-state index contributed by atoms with van der Waals surface area (Å²) in [5, 5.41) is 2.82. The normalized spacial score (nSPS) is 14.0. The standard InChI is InChI=1S/C15H20N2O3S/c1-2-3-9-20-14(18)12-4-6-13(7-5-12)16-15(19)17-8-10-21-11-17/h4-7H,2-3,8-11H2,1H3,(H,16,19). The highest BCUT2D eigenvalue weighted by atomic mass is 32.2. The highest BCUT2D eigenvalue weighted by Gasteiger charge is 2.18. The van der Waals surface area contributed by atoms with E-state index in [1.165, 1.54) is 0 Å². The van der Waals surface area contributed by atoms with Crippen LogP contribution in [0.15, 0.2) is 24.3 Å². The Hall–Kier alpha value is -1.69. The SMILES string of the molecule is CCCCOC(=O)c1ccc(NC(=O)N2CCSC2)cc1. The van der Waals surface area contributed by atoms with Crippen molar-refractivity contribution in [1.29, 1.82) is 0 Å². The number of esters is 1. The molecule has 0 aromatic heterocycles. The minimum absolute atomic E-state index is 0.0988. The van der Waals surface area contributed by atoms with Gasteiger partial charge >= 0.3 is 12.0 Å². The molecular formula is C15H20N2O3S. The fraction of sp³-hybridized carbons (Fsp3) is 0.467. The third-order valence-corrected chi connectivity index (χ3v) is 4.11. The number of unbranched alkanes of at least 4 members (excludes halogenated alkanes) is 1. The Morgan fingerprint density at radius 3 is 2.71 bits per heavy atom. The molecule has 0 unspecified atom stereocenters. The van der Waals surface area contributed by atoms with Crippen molar-refractivity contribution in [2.24, 2.45) is 0 Å². The summed E-state index contributed by atoms with van der Waals surface area (Å²) in [7, 11) is 0. The van der Waals surface area contributed by atoms with Gasteiger partial charge in [-0.25, -0.2) is 9.59 Å². The Bertz CT molecular complexity index is 484. The van der Waals surface area contributed by atoms with Crippen LogP contribution in [0.4, 0.5) is 10.5 Å². The molecule has 21 heavy (non-hydrogen) atoms. The highest BCUT2D eigenvalue weighted by Crippen LogP contribution is 2.16. The van der Waals surface area contributed by atoms with Crippen LogP contribution in [-0.4, -0.2) is 41.7 Å². The summed E-state index contributed by atoms with van der Waals surface area (Å²) in [6.07, 6.45) is 1.86. The monoisotopic (exact) mass is 308 g/mol. The number of nitrogens with one attached hydrogen (secondary N) is 1. The second kappa shape index (κ2) is 7.93. The van der Waals surface area contributed by atoms with Crippen molar-refractivity contribution in [3.63, 3.8) is 0 Å². The Morgan fingerprint density at radius 2 is 2.10 bits per heavy atom. The van der Waals surface area contributed by atoms with Crippen molar-refractivity contribution in [3.05, 3.63) is 29.8 Å². The number of thioether (sulfide) groups is 1. The number of amides is 2. The lowest BCUT2D eigenvalue weighted by atomic mass is 10.2. The minimum Gasteiger partial charge on any atom is -0.462 e. The maximum Gasteiger partial charge on any atom is 0.338 e. The second-order valence-electron chi connectivity index (χ2n) is 4.80. The lowest BCUT2D eigenvalue weighted by Crippen LogP contribution is -2.32. The number of carbonyl (C=O) groups excluding carboxylic acids is 2. The third kappa shape index (κ3) is 4.67. The molecule has 1 heterocycles. The first-order chi connectivity index (χ1) is 10.2. The molecule has 5 nitrogen and oxygen atoms in total. The van der Waals surface area contributed by atoms with Crippen molar-refractivity contribution < 1.29 is 14.3 Å². The topological polar surface area (TPSA) is 58.6 Å². The number of ether oxygens (including phenoxy) is 1. The molecule has 1 aromatic carbocycles. The molecule has 0 spiro atoms. The van der Waals surface area contributed by atoms with Gasteiger partial charge in [0, 0.05) is 18.0 Å². The Kier molecular flexibility index (Phi) is 5.92. The highest BCUT2D eigenvalue weighted by molar-refractivity contribution is 7.99. The first-order valence-electron chi connectivity index (χ1n) is 7.11. The molecule has 1 fully saturated rings. The Morgan fingerprint density at radius 1 is 1.33 bits per heavy atom. The van der Waals surface area contributed by atoms with Crippen LogP contribution >= 0.6 is 11.8 Å². The molecule has 0 atom stereocenters. The van der Waals surface area contributed by atoms with Crippen LogP contribution in [0.1, 0.15) is 30.1 Å². The van der Waals surface area contributed by atoms with E-state index in [1.807, 2.05) is 6.92 Å². The smallest absolute Gasteiger partial charge is 0.338 e. The molecule has 1 aliphatic rings. The third-order valence-electron chi connectivity index (χ3n) is 3.14. The van der Waals surface area contributed by atoms with Gasteiger partial charge in [0.25, 0.3) is 0 Å². The van der Waals surface area contributed by atoms with Gasteiger partial charge < -0.3 is 15.0 Å². The van der Waals surface area contributed by atoms with Crippen molar-refractivity contribution >= 4 is 29.4 Å². The van der Waals surface area contributed by atoms with Crippen molar-refractivity contribution in [3.8, 4) is 0 Å². The number of hydrogen-bond donors (Lipinski definition) is 1. The van der Waals surface area contributed by atoms with Gasteiger partial charge in [-0.1, -0.05) is 13.3 Å². The summed E-state index contributed by atoms with van der Waals surface area (Å²) < 4.78 is 5.13. The number of carbonyl (C=O) groups is 2. The molecule has 2 rings (SSSR count). The van der Waals surface area contributed by atoms with Gasteiger partial charge in [-0.15, -0.1) is 11.8 Å². The van der Waals surface area contributed by atoms with E-state index in [0.29, 0.717) is 17.9 Å². The van der Waals surface area contributed by atoms with Gasteiger partial charge in [-0.2, -0.15) is 0 Å². The average molecular weight is 308 g/mol. The molecule has 1 aromatic rings. The van der Waals surface area contributed by atoms with Gasteiger partial charge in [0.1, 0.15) is 0 Å². The van der Waals surface area contributed by atoms with E-state index in [9.17, 15) is 9.59 Å². The van der Waals surface area contributed by atoms with E-state index in [2.05, 4.69) is 5.32 Å². The van der Waals surface area contributed by atoms with Crippen LogP contribution in [-0.2, 0) is 4.74 Å². The molecule has 1 aliphatic heterocycles. The molecule has 1 N–H and O–H groups in total. The largest absolute Gasteiger partial charge is 0.462 e. The van der Waals surface area contributed by atoms with E-state index in [1.54, 1.807) is 40.9 Å². The lowest BCUT2D eigenvalue weighted by molar-refractivity contribution is 0.0500. The van der Waals surface area contributed by atoms with E-state index < -0.39 is 0 Å². The van der Waals surface area contributed by atoms with Crippen molar-refractivity contribution in [2.75, 3.05) is 30.1 Å². The fourth-order valence-electron chi connectivity index (χ4n) is 1.86. The number of urea groups is 1. The van der Waals surface area contributed by atoms with E-state index >= 15 is 0 Å². The number of benzene rings is 1. The molecule has 6 heteroatoms. The molecule has 0 radical (unpaired) electrons. The molecule has 114 valence electrons. The number of nitrogens with zero attached hydrogens (tertiary/aromatic N) is 1. The van der Waals surface area contributed by atoms with Crippen LogP contribution in [0, 0.1) is 0 Å². The number of hydrogen-bond acceptors (Lipinski definition) is 4. The van der Waals surface area contributed by atoms with Gasteiger partial charge in [0.05, 0.1) is 18.0 Å². The van der Waals surface area contributed by atoms with Gasteiger partial charge in [0.2, 0.25) is 0 Å². The van der Waals surface area contributed by atoms with Crippen LogP contribution in [0.5, 0.6) is 0 Å². The molecule has 0 bridgehead atoms. The summed E-state index contributed by atoms with van der Waals surface area (Å²) >= 11 is 1.74. The lowest BCUT2D eigenvalue weighted by Gasteiger charge is -2.15. The van der Waals surface area contributed by atoms with E-state index in [4.69, 9.17) is 4.74 Å². The Balaban J connectivity index is 1.86. The van der Waals surface area contributed by atoms with Gasteiger partial charge in [-0.3, -0.25) is 0 Å². The van der Waals surface area contributed by atoms with Crippen LogP contribution < -0.4 is 5.32 Å². The average Bonchev–Trinajstić information content (AvgIpc) is 3.02. The molecular weight excluding hydrogens is 288 g/mol. The minimum atomic E-state index is -0.322. The molecule has 0 saturated carbocycles. The van der Waals surface area contributed by atoms with E-state index in [-0.39, 0.29) is 12.0 Å². The predicted octanol–water partition coefficient (Wildman–Crippen LogP) is 3.18. The Labute approximate surface area is 129 Å². The summed E-state index contributed by atoms with van der Waals surface area (Å²) in [6.45, 7) is 3.27. The summed E-state index contributed by atoms with van der Waals surface area (Å²) in [5.74, 6) is 1.39. The van der Waals surface area contributed by atoms with Crippen LogP contribution in [0.25, 0.3) is 0 Å². The van der Waals surface area contributed by atoms with Gasteiger partial charge in [0.15, 0.2) is 0 Å². The van der Waals surface area contributed by atoms with Crippen LogP contribution in [0.2, 0.25) is 0 Å². The first-order valence-corrected chi connectivity index (χ1v) is 8.27. The fourth-order valence-corrected chi connectivity index (χ4v) is 2.80. The zero-order valence-corrected chi connectivity index (χ0v) is 12.9. The first kappa shape index (κ1) is 15.7. The quantitative estimate of drug-likeness (QED) is 0.670. The maximum atomic E-state index is 11.9. The summed E-state index contributed by atoms with van der Waals surface area (Å²) in [6, 6.07) is 6.68. The molecule has 0 aliphatic carbocycles. The number of anilines is 1. The summed E-state index contributed by atoms with van der Waals surface area (Å²) in [5.41, 5.74) is 1.18. The zero-order chi connectivity index (χ0) is 15.1. The van der Waals surface area contributed by atoms with Crippen molar-refractivity contribution in [2.45, 2.75) is 19.8 Å². The molecule has 1 saturated heterocycles. The van der Waals surface area contributed by atoms with Crippen LogP contribution in [0.3, 0.4) is 0 Å². The van der Waals surface area contributed by atoms with Crippen molar-refractivity contribution in [1.82, 2.24) is 4.90 Å². The predicted molar refractivity (Wildman–Crippen MR) is 84.7 cm³/mol. The molecule has 2 amide bonds. The zero-order valence-electron chi connectivity index (χ0n) is 12.1. The number of rotatable bonds is 5.